The van der Waals surface area contributed by atoms with Crippen molar-refractivity contribution in [1.82, 2.24) is 9.36 Å². The Labute approximate surface area is 119 Å². The molecule has 0 unspecified atom stereocenters. The zero-order valence-corrected chi connectivity index (χ0v) is 11.8. The third kappa shape index (κ3) is 3.28. The van der Waals surface area contributed by atoms with E-state index in [4.69, 9.17) is 9.47 Å². The summed E-state index contributed by atoms with van der Waals surface area (Å²) in [7, 11) is 1.61. The lowest BCUT2D eigenvalue weighted by Gasteiger charge is -2.05. The first-order valence-electron chi connectivity index (χ1n) is 5.85. The van der Waals surface area contributed by atoms with Crippen molar-refractivity contribution in [1.29, 1.82) is 0 Å². The summed E-state index contributed by atoms with van der Waals surface area (Å²) in [5.74, 6) is 1.04. The van der Waals surface area contributed by atoms with Gasteiger partial charge in [0.05, 0.1) is 17.1 Å². The average molecular weight is 295 g/mol. The lowest BCUT2D eigenvalue weighted by Crippen LogP contribution is -1.97. The smallest absolute Gasteiger partial charge is 0.298 e. The van der Waals surface area contributed by atoms with Crippen molar-refractivity contribution in [2.45, 2.75) is 13.3 Å². The van der Waals surface area contributed by atoms with Gasteiger partial charge in [-0.25, -0.2) is 0 Å². The molecule has 1 aromatic heterocycles. The second kappa shape index (κ2) is 6.40. The maximum absolute atomic E-state index is 10.9. The van der Waals surface area contributed by atoms with E-state index in [0.717, 1.165) is 11.5 Å². The van der Waals surface area contributed by atoms with Crippen LogP contribution in [0.1, 0.15) is 11.4 Å². The van der Waals surface area contributed by atoms with Crippen LogP contribution in [-0.4, -0.2) is 28.0 Å². The van der Waals surface area contributed by atoms with E-state index >= 15 is 0 Å². The van der Waals surface area contributed by atoms with Crippen LogP contribution in [0.4, 0.5) is 5.69 Å². The van der Waals surface area contributed by atoms with Gasteiger partial charge in [0.2, 0.25) is 0 Å². The van der Waals surface area contributed by atoms with Gasteiger partial charge in [-0.05, 0) is 13.0 Å². The predicted molar refractivity (Wildman–Crippen MR) is 73.4 cm³/mol. The van der Waals surface area contributed by atoms with Gasteiger partial charge in [-0.2, -0.15) is 9.36 Å². The lowest BCUT2D eigenvalue weighted by atomic mass is 10.2. The molecule has 1 heterocycles. The zero-order valence-electron chi connectivity index (χ0n) is 11.0. The number of rotatable bonds is 6. The van der Waals surface area contributed by atoms with Crippen LogP contribution >= 0.6 is 11.5 Å². The minimum absolute atomic E-state index is 0.0200. The first-order valence-corrected chi connectivity index (χ1v) is 6.62. The zero-order chi connectivity index (χ0) is 14.5. The minimum atomic E-state index is -0.438. The molecule has 0 saturated heterocycles. The second-order valence-electron chi connectivity index (χ2n) is 3.98. The molecule has 0 aliphatic heterocycles. The summed E-state index contributed by atoms with van der Waals surface area (Å²) in [4.78, 5) is 14.6. The first kappa shape index (κ1) is 14.4. The molecule has 0 aliphatic rings. The number of hydrogen-bond acceptors (Lipinski definition) is 7. The first-order chi connectivity index (χ1) is 9.61. The Balaban J connectivity index is 2.16. The topological polar surface area (TPSA) is 87.4 Å². The van der Waals surface area contributed by atoms with E-state index in [9.17, 15) is 10.1 Å². The van der Waals surface area contributed by atoms with Gasteiger partial charge >= 0.3 is 0 Å². The van der Waals surface area contributed by atoms with Gasteiger partial charge in [-0.1, -0.05) is 6.07 Å². The molecular formula is C12H13N3O4S. The normalized spacial score (nSPS) is 10.5. The summed E-state index contributed by atoms with van der Waals surface area (Å²) >= 11 is 1.11. The van der Waals surface area contributed by atoms with E-state index in [1.165, 1.54) is 6.07 Å². The van der Waals surface area contributed by atoms with E-state index in [2.05, 4.69) is 9.36 Å². The molecule has 0 saturated carbocycles. The molecule has 20 heavy (non-hydrogen) atoms. The van der Waals surface area contributed by atoms with Gasteiger partial charge in [0.25, 0.3) is 10.9 Å². The molecule has 106 valence electrons. The largest absolute Gasteiger partial charge is 0.429 e. The third-order valence-electron chi connectivity index (χ3n) is 2.63. The molecule has 8 heteroatoms. The van der Waals surface area contributed by atoms with Crippen LogP contribution in [0.5, 0.6) is 10.9 Å². The van der Waals surface area contributed by atoms with Crippen LogP contribution in [0.3, 0.4) is 0 Å². The highest BCUT2D eigenvalue weighted by Gasteiger charge is 2.16. The fraction of sp³-hybridized carbons (Fsp3) is 0.333. The Kier molecular flexibility index (Phi) is 4.59. The molecule has 0 radical (unpaired) electrons. The summed E-state index contributed by atoms with van der Waals surface area (Å²) in [6.45, 7) is 2.17. The third-order valence-corrected chi connectivity index (χ3v) is 3.26. The minimum Gasteiger partial charge on any atom is -0.429 e. The highest BCUT2D eigenvalue weighted by molar-refractivity contribution is 7.07. The van der Waals surface area contributed by atoms with E-state index < -0.39 is 4.92 Å². The van der Waals surface area contributed by atoms with Crippen LogP contribution in [-0.2, 0) is 11.2 Å². The SMILES string of the molecule is COCCc1nsc(Oc2cccc([N+](=O)[O-])c2C)n1. The number of nitrogens with zero attached hydrogens (tertiary/aromatic N) is 3. The van der Waals surface area contributed by atoms with E-state index in [-0.39, 0.29) is 5.69 Å². The van der Waals surface area contributed by atoms with Crippen LogP contribution in [0, 0.1) is 17.0 Å². The maximum atomic E-state index is 10.9. The molecule has 0 bridgehead atoms. The van der Waals surface area contributed by atoms with Crippen LogP contribution < -0.4 is 4.74 Å². The molecule has 0 fully saturated rings. The number of methoxy groups -OCH3 is 1. The molecule has 7 nitrogen and oxygen atoms in total. The Morgan fingerprint density at radius 1 is 1.45 bits per heavy atom. The molecule has 0 spiro atoms. The van der Waals surface area contributed by atoms with E-state index in [1.54, 1.807) is 26.2 Å². The highest BCUT2D eigenvalue weighted by Crippen LogP contribution is 2.31. The predicted octanol–water partition coefficient (Wildman–Crippen LogP) is 2.74. The molecule has 0 N–H and O–H groups in total. The fourth-order valence-corrected chi connectivity index (χ4v) is 2.17. The average Bonchev–Trinajstić information content (AvgIpc) is 2.86. The van der Waals surface area contributed by atoms with Crippen molar-refractivity contribution < 1.29 is 14.4 Å². The lowest BCUT2D eigenvalue weighted by molar-refractivity contribution is -0.385. The van der Waals surface area contributed by atoms with Crippen LogP contribution in [0.25, 0.3) is 0 Å². The Bertz CT molecular complexity index is 614. The van der Waals surface area contributed by atoms with Gasteiger partial charge in [0, 0.05) is 31.1 Å². The highest BCUT2D eigenvalue weighted by atomic mass is 32.1. The number of nitro benzene ring substituents is 1. The quantitative estimate of drug-likeness (QED) is 0.601. The van der Waals surface area contributed by atoms with Gasteiger partial charge in [-0.3, -0.25) is 10.1 Å². The summed E-state index contributed by atoms with van der Waals surface area (Å²) in [6.07, 6.45) is 0.601. The van der Waals surface area contributed by atoms with Crippen molar-refractivity contribution in [3.05, 3.63) is 39.7 Å². The van der Waals surface area contributed by atoms with Crippen molar-refractivity contribution in [3.63, 3.8) is 0 Å². The fourth-order valence-electron chi connectivity index (χ4n) is 1.58. The molecule has 0 atom stereocenters. The summed E-state index contributed by atoms with van der Waals surface area (Å²) in [6, 6.07) is 4.68. The number of aromatic nitrogens is 2. The molecular weight excluding hydrogens is 282 g/mol. The molecule has 0 aliphatic carbocycles. The van der Waals surface area contributed by atoms with Crippen LogP contribution in [0.15, 0.2) is 18.2 Å². The second-order valence-corrected chi connectivity index (χ2v) is 4.69. The summed E-state index contributed by atoms with van der Waals surface area (Å²) in [5.41, 5.74) is 0.484. The Morgan fingerprint density at radius 2 is 2.25 bits per heavy atom. The number of benzene rings is 1. The van der Waals surface area contributed by atoms with Gasteiger partial charge in [0.15, 0.2) is 0 Å². The van der Waals surface area contributed by atoms with Crippen LogP contribution in [0.2, 0.25) is 0 Å². The molecule has 1 aromatic carbocycles. The summed E-state index contributed by atoms with van der Waals surface area (Å²) in [5, 5.41) is 11.2. The standard InChI is InChI=1S/C12H13N3O4S/c1-8-9(15(16)17)4-3-5-10(8)19-12-13-11(14-20-12)6-7-18-2/h3-5H,6-7H2,1-2H3. The summed E-state index contributed by atoms with van der Waals surface area (Å²) < 4.78 is 14.6. The van der Waals surface area contributed by atoms with Crippen molar-refractivity contribution >= 4 is 17.2 Å². The van der Waals surface area contributed by atoms with Gasteiger partial charge < -0.3 is 9.47 Å². The van der Waals surface area contributed by atoms with Crippen molar-refractivity contribution in [2.24, 2.45) is 0 Å². The van der Waals surface area contributed by atoms with Crippen molar-refractivity contribution in [3.8, 4) is 10.9 Å². The van der Waals surface area contributed by atoms with E-state index in [1.807, 2.05) is 0 Å². The molecule has 0 amide bonds. The van der Waals surface area contributed by atoms with E-state index in [0.29, 0.717) is 35.4 Å². The number of hydrogen-bond donors (Lipinski definition) is 0. The number of ether oxygens (including phenoxy) is 2. The van der Waals surface area contributed by atoms with Gasteiger partial charge in [-0.15, -0.1) is 0 Å². The monoisotopic (exact) mass is 295 g/mol. The Morgan fingerprint density at radius 3 is 2.95 bits per heavy atom. The van der Waals surface area contributed by atoms with Gasteiger partial charge in [0.1, 0.15) is 11.6 Å². The molecule has 2 rings (SSSR count). The number of nitro groups is 1. The Hall–Kier alpha value is -2.06. The molecule has 2 aromatic rings. The maximum Gasteiger partial charge on any atom is 0.298 e. The van der Waals surface area contributed by atoms with Crippen molar-refractivity contribution in [2.75, 3.05) is 13.7 Å².